The van der Waals surface area contributed by atoms with Gasteiger partial charge >= 0.3 is 0 Å². The van der Waals surface area contributed by atoms with Gasteiger partial charge in [-0.1, -0.05) is 42.5 Å². The van der Waals surface area contributed by atoms with E-state index in [9.17, 15) is 0 Å². The van der Waals surface area contributed by atoms with Crippen LogP contribution in [0.15, 0.2) is 30.2 Å². The molecule has 0 unspecified atom stereocenters. The Hall–Kier alpha value is -1.24. The van der Waals surface area contributed by atoms with E-state index in [1.807, 2.05) is 0 Å². The van der Waals surface area contributed by atoms with Gasteiger partial charge in [-0.15, -0.1) is 0 Å². The van der Waals surface area contributed by atoms with Crippen molar-refractivity contribution in [1.29, 1.82) is 0 Å². The van der Waals surface area contributed by atoms with Gasteiger partial charge in [0.25, 0.3) is 0 Å². The first kappa shape index (κ1) is 2.91. The zero-order valence-corrected chi connectivity index (χ0v) is 8.08. The lowest BCUT2D eigenvalue weighted by Crippen LogP contribution is -2.21. The molecule has 0 nitrogen and oxygen atoms in total. The zero-order chi connectivity index (χ0) is 20.9. The Morgan fingerprint density at radius 3 is 3.07 bits per heavy atom. The Labute approximate surface area is 108 Å². The average Bonchev–Trinajstić information content (AvgIpc) is 2.46. The summed E-state index contributed by atoms with van der Waals surface area (Å²) in [6.07, 6.45) is -5.67. The van der Waals surface area contributed by atoms with Crippen LogP contribution < -0.4 is 0 Å². The fourth-order valence-electron chi connectivity index (χ4n) is 1.76. The van der Waals surface area contributed by atoms with Crippen LogP contribution in [0.5, 0.6) is 0 Å². The van der Waals surface area contributed by atoms with Crippen LogP contribution in [0.1, 0.15) is 33.1 Å². The monoisotopic (exact) mass is 206 g/mol. The number of rotatable bonds is 0. The highest BCUT2D eigenvalue weighted by molar-refractivity contribution is 6.57. The van der Waals surface area contributed by atoms with Crippen LogP contribution in [0.2, 0.25) is 6.75 Å². The Morgan fingerprint density at radius 1 is 1.33 bits per heavy atom. The Bertz CT molecular complexity index is 922. The average molecular weight is 206 g/mol. The molecule has 0 amide bonds. The van der Waals surface area contributed by atoms with Crippen molar-refractivity contribution in [3.05, 3.63) is 46.9 Å². The predicted molar refractivity (Wildman–Crippen MR) is 67.7 cm³/mol. The molecular formula is C14H15B. The molecule has 1 aliphatic heterocycles. The minimum Gasteiger partial charge on any atom is -0.0855 e. The second kappa shape index (κ2) is 3.13. The van der Waals surface area contributed by atoms with Crippen LogP contribution in [-0.4, -0.2) is 6.71 Å². The summed E-state index contributed by atoms with van der Waals surface area (Å²) in [5.74, 6) is 0. The van der Waals surface area contributed by atoms with Crippen LogP contribution in [0.4, 0.5) is 0 Å². The van der Waals surface area contributed by atoms with E-state index in [1.165, 1.54) is 6.92 Å². The second-order valence-corrected chi connectivity index (χ2v) is 3.47. The Morgan fingerprint density at radius 2 is 2.20 bits per heavy atom. The normalized spacial score (nSPS) is 33.8. The molecule has 0 saturated heterocycles. The quantitative estimate of drug-likeness (QED) is 0.579. The predicted octanol–water partition coefficient (Wildman–Crippen LogP) is 3.45. The maximum Gasteiger partial charge on any atom is 0.146 e. The van der Waals surface area contributed by atoms with E-state index >= 15 is 0 Å². The second-order valence-electron chi connectivity index (χ2n) is 3.47. The summed E-state index contributed by atoms with van der Waals surface area (Å²) in [5.41, 5.74) is -0.962. The van der Waals surface area contributed by atoms with Gasteiger partial charge in [0.05, 0.1) is 6.85 Å². The van der Waals surface area contributed by atoms with Gasteiger partial charge in [-0.25, -0.2) is 0 Å². The van der Waals surface area contributed by atoms with Crippen molar-refractivity contribution >= 4 is 17.5 Å². The molecule has 3 rings (SSSR count). The fraction of sp³-hybridized carbons (Fsp3) is 0.286. The molecule has 0 saturated carbocycles. The van der Waals surface area contributed by atoms with E-state index in [4.69, 9.17) is 16.4 Å². The molecule has 1 heteroatoms. The smallest absolute Gasteiger partial charge is 0.0855 e. The zero-order valence-electron chi connectivity index (χ0n) is 20.1. The summed E-state index contributed by atoms with van der Waals surface area (Å²) >= 11 is 0. The number of hydrogen-bond acceptors (Lipinski definition) is 0. The van der Waals surface area contributed by atoms with E-state index in [2.05, 4.69) is 0 Å². The minimum atomic E-state index is -3.09. The van der Waals surface area contributed by atoms with Gasteiger partial charge in [0.1, 0.15) is 6.71 Å². The number of hydrogen-bond donors (Lipinski definition) is 0. The number of benzene rings is 2. The first-order chi connectivity index (χ1) is 12.1. The summed E-state index contributed by atoms with van der Waals surface area (Å²) in [5, 5.41) is -0.525. The highest BCUT2D eigenvalue weighted by Gasteiger charge is 2.19. The van der Waals surface area contributed by atoms with Gasteiger partial charge in [0, 0.05) is 9.60 Å². The van der Waals surface area contributed by atoms with Crippen LogP contribution in [0.3, 0.4) is 0 Å². The molecule has 0 spiro atoms. The van der Waals surface area contributed by atoms with Gasteiger partial charge < -0.3 is 0 Å². The van der Waals surface area contributed by atoms with Crippen molar-refractivity contribution in [3.8, 4) is 0 Å². The van der Waals surface area contributed by atoms with Gasteiger partial charge in [-0.2, -0.15) is 0 Å². The third-order valence-corrected chi connectivity index (χ3v) is 2.33. The molecule has 2 aromatic rings. The molecule has 2 aromatic carbocycles. The molecule has 1 heterocycles. The van der Waals surface area contributed by atoms with Gasteiger partial charge in [0.15, 0.2) is 0 Å². The first-order valence-electron chi connectivity index (χ1n) is 10.6. The van der Waals surface area contributed by atoms with Gasteiger partial charge in [0.2, 0.25) is 0 Å². The Balaban J connectivity index is 2.74. The highest BCUT2D eigenvalue weighted by atomic mass is 14.1. The van der Waals surface area contributed by atoms with E-state index < -0.39 is 61.3 Å². The van der Waals surface area contributed by atoms with Crippen molar-refractivity contribution < 1.29 is 16.4 Å². The van der Waals surface area contributed by atoms with E-state index in [0.717, 1.165) is 0 Å². The summed E-state index contributed by atoms with van der Waals surface area (Å²) < 4.78 is 97.5. The topological polar surface area (TPSA) is 0 Å². The molecule has 0 aromatic heterocycles. The highest BCUT2D eigenvalue weighted by Crippen LogP contribution is 2.30. The summed E-state index contributed by atoms with van der Waals surface area (Å²) in [6, 6.07) is -2.68. The lowest BCUT2D eigenvalue weighted by atomic mass is 9.42. The molecule has 0 aliphatic carbocycles. The summed E-state index contributed by atoms with van der Waals surface area (Å²) in [6.45, 7) is -3.94. The lowest BCUT2D eigenvalue weighted by molar-refractivity contribution is 1.23. The standard InChI is InChI=1S/C14H15B/c1-10-6-11-4-3-5-12-8-15(2)9-13(7-10)14(11)12/h3-7H,8-9H2,1-2H3/i2D3,3D,4D,5D,6D,7D,8D2,9D2. The third kappa shape index (κ3) is 1.38. The summed E-state index contributed by atoms with van der Waals surface area (Å²) in [7, 11) is 0. The van der Waals surface area contributed by atoms with Crippen LogP contribution in [0.25, 0.3) is 10.8 Å². The van der Waals surface area contributed by atoms with E-state index in [1.54, 1.807) is 0 Å². The van der Waals surface area contributed by atoms with Crippen molar-refractivity contribution in [2.45, 2.75) is 26.2 Å². The molecule has 1 aliphatic rings. The van der Waals surface area contributed by atoms with Gasteiger partial charge in [-0.05, 0) is 41.4 Å². The maximum atomic E-state index is 8.43. The van der Waals surface area contributed by atoms with E-state index in [0.29, 0.717) is 0 Å². The van der Waals surface area contributed by atoms with Crippen molar-refractivity contribution in [3.63, 3.8) is 0 Å². The van der Waals surface area contributed by atoms with Crippen molar-refractivity contribution in [2.75, 3.05) is 0 Å². The first-order valence-corrected chi connectivity index (χ1v) is 4.62. The van der Waals surface area contributed by atoms with Gasteiger partial charge in [-0.3, -0.25) is 0 Å². The molecule has 15 heavy (non-hydrogen) atoms. The molecular weight excluding hydrogens is 179 g/mol. The van der Waals surface area contributed by atoms with Crippen molar-refractivity contribution in [1.82, 2.24) is 0 Å². The molecule has 0 bridgehead atoms. The third-order valence-electron chi connectivity index (χ3n) is 2.33. The van der Waals surface area contributed by atoms with E-state index in [-0.39, 0.29) is 22.4 Å². The van der Waals surface area contributed by atoms with Crippen molar-refractivity contribution in [2.24, 2.45) is 0 Å². The molecule has 0 radical (unpaired) electrons. The fourth-order valence-corrected chi connectivity index (χ4v) is 1.76. The largest absolute Gasteiger partial charge is 0.146 e. The van der Waals surface area contributed by atoms with Crippen LogP contribution in [-0.2, 0) is 12.5 Å². The van der Waals surface area contributed by atoms with Crippen LogP contribution in [0, 0.1) is 6.92 Å². The lowest BCUT2D eigenvalue weighted by Gasteiger charge is -2.21. The molecule has 0 fully saturated rings. The SMILES string of the molecule is [2H]c1c([2H])c2c3c(c([2H])c(C)c([2H])c3c1[2H])C([2H])([2H])B(C([2H])([2H])[2H])C2([2H])[2H]. The van der Waals surface area contributed by atoms with Crippen LogP contribution >= 0.6 is 0 Å². The summed E-state index contributed by atoms with van der Waals surface area (Å²) in [4.78, 5) is 0. The Kier molecular flexibility index (Phi) is 0.607. The molecule has 0 atom stereocenters. The molecule has 74 valence electrons. The molecule has 0 N–H and O–H groups in total. The minimum absolute atomic E-state index is 0.00436. The maximum absolute atomic E-state index is 8.43.